The number of benzene rings is 1. The van der Waals surface area contributed by atoms with Crippen molar-refractivity contribution in [1.29, 1.82) is 0 Å². The van der Waals surface area contributed by atoms with Gasteiger partial charge in [-0.2, -0.15) is 5.10 Å². The van der Waals surface area contributed by atoms with Gasteiger partial charge in [0.1, 0.15) is 18.3 Å². The summed E-state index contributed by atoms with van der Waals surface area (Å²) in [4.78, 5) is 32.8. The summed E-state index contributed by atoms with van der Waals surface area (Å²) in [5.74, 6) is -0.112. The van der Waals surface area contributed by atoms with Crippen LogP contribution in [0.4, 0.5) is 5.69 Å². The molecule has 0 aliphatic carbocycles. The second-order valence-electron chi connectivity index (χ2n) is 6.41. The third kappa shape index (κ3) is 2.90. The highest BCUT2D eigenvalue weighted by atomic mass is 32.2. The fourth-order valence-corrected chi connectivity index (χ4v) is 4.27. The van der Waals surface area contributed by atoms with Gasteiger partial charge >= 0.3 is 0 Å². The highest BCUT2D eigenvalue weighted by Crippen LogP contribution is 2.37. The lowest BCUT2D eigenvalue weighted by Crippen LogP contribution is -2.37. The van der Waals surface area contributed by atoms with Crippen LogP contribution in [0.15, 0.2) is 46.5 Å². The van der Waals surface area contributed by atoms with Gasteiger partial charge in [0.25, 0.3) is 5.56 Å². The first kappa shape index (κ1) is 16.8. The van der Waals surface area contributed by atoms with E-state index in [1.54, 1.807) is 28.4 Å². The van der Waals surface area contributed by atoms with Gasteiger partial charge in [-0.1, -0.05) is 19.1 Å². The number of nitrogens with zero attached hydrogens (tertiary/aromatic N) is 5. The Morgan fingerprint density at radius 3 is 3.00 bits per heavy atom. The van der Waals surface area contributed by atoms with E-state index in [0.29, 0.717) is 22.8 Å². The molecule has 4 rings (SSSR count). The third-order valence-corrected chi connectivity index (χ3v) is 5.81. The molecule has 0 fully saturated rings. The van der Waals surface area contributed by atoms with Crippen molar-refractivity contribution >= 4 is 34.4 Å². The van der Waals surface area contributed by atoms with Gasteiger partial charge in [-0.3, -0.25) is 18.8 Å². The maximum atomic E-state index is 13.0. The minimum absolute atomic E-state index is 0.0376. The summed E-state index contributed by atoms with van der Waals surface area (Å²) >= 11 is 1.78. The number of thioether (sulfide) groups is 1. The molecule has 0 saturated carbocycles. The molecule has 26 heavy (non-hydrogen) atoms. The van der Waals surface area contributed by atoms with Gasteiger partial charge in [0.15, 0.2) is 5.65 Å². The number of para-hydroxylation sites is 1. The van der Waals surface area contributed by atoms with Gasteiger partial charge in [0.2, 0.25) is 5.91 Å². The Bertz CT molecular complexity index is 1040. The Morgan fingerprint density at radius 1 is 1.35 bits per heavy atom. The monoisotopic (exact) mass is 369 g/mol. The highest BCUT2D eigenvalue weighted by Gasteiger charge is 2.24. The number of aryl methyl sites for hydroxylation is 1. The lowest BCUT2D eigenvalue weighted by atomic mass is 10.2. The molecule has 0 N–H and O–H groups in total. The molecule has 7 nitrogen and oxygen atoms in total. The van der Waals surface area contributed by atoms with Crippen molar-refractivity contribution in [2.24, 2.45) is 7.05 Å². The normalized spacial score (nSPS) is 17.2. The van der Waals surface area contributed by atoms with Crippen molar-refractivity contribution in [3.05, 3.63) is 47.1 Å². The van der Waals surface area contributed by atoms with E-state index in [0.717, 1.165) is 17.0 Å². The van der Waals surface area contributed by atoms with Crippen molar-refractivity contribution in [2.45, 2.75) is 30.0 Å². The minimum Gasteiger partial charge on any atom is -0.310 e. The Balaban J connectivity index is 1.66. The molecular weight excluding hydrogens is 350 g/mol. The van der Waals surface area contributed by atoms with Gasteiger partial charge in [0.05, 0.1) is 11.9 Å². The highest BCUT2D eigenvalue weighted by molar-refractivity contribution is 8.00. The summed E-state index contributed by atoms with van der Waals surface area (Å²) in [6.07, 6.45) is 3.82. The Labute approximate surface area is 154 Å². The molecule has 1 amide bonds. The van der Waals surface area contributed by atoms with Crippen LogP contribution >= 0.6 is 11.8 Å². The Morgan fingerprint density at radius 2 is 2.15 bits per heavy atom. The van der Waals surface area contributed by atoms with Gasteiger partial charge in [-0.05, 0) is 18.6 Å². The van der Waals surface area contributed by atoms with Crippen LogP contribution in [0, 0.1) is 0 Å². The van der Waals surface area contributed by atoms with Gasteiger partial charge in [-0.25, -0.2) is 4.98 Å². The first-order valence-corrected chi connectivity index (χ1v) is 9.36. The van der Waals surface area contributed by atoms with Crippen LogP contribution in [0.2, 0.25) is 0 Å². The van der Waals surface area contributed by atoms with Crippen LogP contribution in [0.25, 0.3) is 11.0 Å². The molecule has 1 aliphatic heterocycles. The molecule has 1 aromatic carbocycles. The number of carbonyl (C=O) groups is 1. The molecule has 0 spiro atoms. The first-order chi connectivity index (χ1) is 12.5. The van der Waals surface area contributed by atoms with Gasteiger partial charge < -0.3 is 4.90 Å². The van der Waals surface area contributed by atoms with Crippen LogP contribution in [-0.2, 0) is 18.4 Å². The fourth-order valence-electron chi connectivity index (χ4n) is 3.16. The van der Waals surface area contributed by atoms with Crippen molar-refractivity contribution in [3.8, 4) is 0 Å². The lowest BCUT2D eigenvalue weighted by molar-refractivity contribution is -0.119. The van der Waals surface area contributed by atoms with E-state index < -0.39 is 0 Å². The van der Waals surface area contributed by atoms with Crippen LogP contribution in [0.3, 0.4) is 0 Å². The van der Waals surface area contributed by atoms with E-state index in [1.165, 1.54) is 17.1 Å². The number of aromatic nitrogens is 4. The van der Waals surface area contributed by atoms with Gasteiger partial charge in [0, 0.05) is 23.7 Å². The summed E-state index contributed by atoms with van der Waals surface area (Å²) in [6, 6.07) is 7.92. The van der Waals surface area contributed by atoms with Crippen molar-refractivity contribution < 1.29 is 4.79 Å². The second kappa shape index (κ2) is 6.60. The molecule has 0 radical (unpaired) electrons. The third-order valence-electron chi connectivity index (χ3n) is 4.57. The number of amides is 1. The summed E-state index contributed by atoms with van der Waals surface area (Å²) in [7, 11) is 1.73. The molecule has 3 heterocycles. The Kier molecular flexibility index (Phi) is 4.28. The number of carbonyl (C=O) groups excluding carboxylic acids is 1. The maximum absolute atomic E-state index is 13.0. The van der Waals surface area contributed by atoms with E-state index in [2.05, 4.69) is 17.0 Å². The number of fused-ring (bicyclic) bond motifs is 2. The molecular formula is C18H19N5O2S. The van der Waals surface area contributed by atoms with Crippen molar-refractivity contribution in [3.63, 3.8) is 0 Å². The lowest BCUT2D eigenvalue weighted by Gasteiger charge is -2.22. The van der Waals surface area contributed by atoms with Crippen molar-refractivity contribution in [1.82, 2.24) is 19.3 Å². The number of rotatable bonds is 2. The quantitative estimate of drug-likeness (QED) is 0.691. The molecule has 3 aromatic rings. The average Bonchev–Trinajstić information content (AvgIpc) is 2.91. The van der Waals surface area contributed by atoms with Crippen LogP contribution < -0.4 is 10.5 Å². The zero-order chi connectivity index (χ0) is 18.3. The van der Waals surface area contributed by atoms with E-state index in [-0.39, 0.29) is 18.0 Å². The zero-order valence-electron chi connectivity index (χ0n) is 14.6. The van der Waals surface area contributed by atoms with Crippen LogP contribution in [-0.4, -0.2) is 37.0 Å². The molecule has 1 aliphatic rings. The van der Waals surface area contributed by atoms with Gasteiger partial charge in [-0.15, -0.1) is 11.8 Å². The first-order valence-electron chi connectivity index (χ1n) is 8.48. The number of hydrogen-bond donors (Lipinski definition) is 0. The van der Waals surface area contributed by atoms with E-state index >= 15 is 0 Å². The molecule has 0 bridgehead atoms. The van der Waals surface area contributed by atoms with Crippen LogP contribution in [0.5, 0.6) is 0 Å². The zero-order valence-corrected chi connectivity index (χ0v) is 15.4. The molecule has 8 heteroatoms. The van der Waals surface area contributed by atoms with E-state index in [9.17, 15) is 9.59 Å². The molecule has 134 valence electrons. The standard InChI is InChI=1S/C18H19N5O2S/c1-12-7-8-23(14-5-3-4-6-15(14)26-12)16(24)10-22-11-19-17-13(18(22)25)9-20-21(17)2/h3-6,9,11-12H,7-8,10H2,1-2H3/t12-/m1/s1. The topological polar surface area (TPSA) is 73.0 Å². The predicted octanol–water partition coefficient (Wildman–Crippen LogP) is 2.05. The molecule has 1 atom stereocenters. The smallest absolute Gasteiger partial charge is 0.264 e. The molecule has 0 unspecified atom stereocenters. The fraction of sp³-hybridized carbons (Fsp3) is 0.333. The summed E-state index contributed by atoms with van der Waals surface area (Å²) < 4.78 is 2.91. The summed E-state index contributed by atoms with van der Waals surface area (Å²) in [6.45, 7) is 2.77. The minimum atomic E-state index is -0.248. The Hall–Kier alpha value is -2.61. The second-order valence-corrected chi connectivity index (χ2v) is 7.89. The largest absolute Gasteiger partial charge is 0.310 e. The summed E-state index contributed by atoms with van der Waals surface area (Å²) in [5, 5.41) is 4.91. The van der Waals surface area contributed by atoms with Crippen molar-refractivity contribution in [2.75, 3.05) is 11.4 Å². The number of hydrogen-bond acceptors (Lipinski definition) is 5. The maximum Gasteiger partial charge on any atom is 0.264 e. The molecule has 0 saturated heterocycles. The predicted molar refractivity (Wildman–Crippen MR) is 102 cm³/mol. The SMILES string of the molecule is C[C@@H]1CCN(C(=O)Cn2cnc3c(cnn3C)c2=O)c2ccccc2S1. The van der Waals surface area contributed by atoms with Crippen LogP contribution in [0.1, 0.15) is 13.3 Å². The van der Waals surface area contributed by atoms with E-state index in [1.807, 2.05) is 24.3 Å². The van der Waals surface area contributed by atoms with E-state index in [4.69, 9.17) is 0 Å². The average molecular weight is 369 g/mol. The molecule has 2 aromatic heterocycles. The number of anilines is 1. The summed E-state index contributed by atoms with van der Waals surface area (Å²) in [5.41, 5.74) is 1.18.